The molecule has 208 valence electrons. The van der Waals surface area contributed by atoms with Crippen LogP contribution in [0.4, 0.5) is 5.82 Å². The number of benzene rings is 3. The van der Waals surface area contributed by atoms with Crippen LogP contribution in [0.1, 0.15) is 22.3 Å². The molecule has 1 aromatic heterocycles. The first-order valence-electron chi connectivity index (χ1n) is 13.1. The van der Waals surface area contributed by atoms with Gasteiger partial charge in [-0.05, 0) is 30.2 Å². The Labute approximate surface area is 238 Å². The van der Waals surface area contributed by atoms with Crippen molar-refractivity contribution >= 4 is 34.2 Å². The quantitative estimate of drug-likeness (QED) is 0.249. The highest BCUT2D eigenvalue weighted by atomic mass is 35.5. The van der Waals surface area contributed by atoms with Crippen molar-refractivity contribution in [3.05, 3.63) is 83.1 Å². The number of nitrogens with one attached hydrogen (secondary N) is 1. The molecule has 1 fully saturated rings. The van der Waals surface area contributed by atoms with Crippen molar-refractivity contribution in [3.63, 3.8) is 0 Å². The van der Waals surface area contributed by atoms with Gasteiger partial charge in [-0.25, -0.2) is 9.97 Å². The molecule has 40 heavy (non-hydrogen) atoms. The summed E-state index contributed by atoms with van der Waals surface area (Å²) in [7, 11) is 1.50. The highest BCUT2D eigenvalue weighted by Crippen LogP contribution is 2.35. The van der Waals surface area contributed by atoms with Crippen molar-refractivity contribution in [2.45, 2.75) is 13.0 Å². The van der Waals surface area contributed by atoms with E-state index in [1.807, 2.05) is 42.5 Å². The number of nitrogens with zero attached hydrogens (tertiary/aromatic N) is 3. The number of aromatic nitrogens is 2. The van der Waals surface area contributed by atoms with Crippen LogP contribution in [0.3, 0.4) is 0 Å². The van der Waals surface area contributed by atoms with E-state index in [2.05, 4.69) is 20.2 Å². The Hall–Kier alpha value is -3.92. The minimum atomic E-state index is -0.363. The zero-order chi connectivity index (χ0) is 27.7. The number of hydrogen-bond acceptors (Lipinski definition) is 8. The highest BCUT2D eigenvalue weighted by molar-refractivity contribution is 6.32. The van der Waals surface area contributed by atoms with Crippen LogP contribution >= 0.6 is 11.6 Å². The van der Waals surface area contributed by atoms with Gasteiger partial charge in [0.15, 0.2) is 0 Å². The summed E-state index contributed by atoms with van der Waals surface area (Å²) in [6.45, 7) is 5.14. The van der Waals surface area contributed by atoms with Crippen LogP contribution in [0, 0.1) is 0 Å². The average Bonchev–Trinajstić information content (AvgIpc) is 2.99. The van der Waals surface area contributed by atoms with Crippen molar-refractivity contribution in [1.82, 2.24) is 14.9 Å². The standard InChI is InChI=1S/C30H31ClN4O5/c1-37-26-16-22(8-9-24(26)31)30(36)34-29-28-25(32-20-33-29)17-23(40-19-21-6-3-2-4-7-21)18-27(28)39-13-5-10-35-11-14-38-15-12-35/h2-4,6-9,16-18,20H,5,10-15,19H2,1H3,(H,32,33,34,36). The minimum Gasteiger partial charge on any atom is -0.495 e. The molecule has 0 saturated carbocycles. The van der Waals surface area contributed by atoms with Gasteiger partial charge in [0.25, 0.3) is 5.91 Å². The number of amides is 1. The van der Waals surface area contributed by atoms with Gasteiger partial charge in [-0.15, -0.1) is 0 Å². The first kappa shape index (κ1) is 27.6. The van der Waals surface area contributed by atoms with E-state index in [0.717, 1.165) is 44.8 Å². The number of carbonyl (C=O) groups is 1. The van der Waals surface area contributed by atoms with Crippen molar-refractivity contribution in [2.24, 2.45) is 0 Å². The number of ether oxygens (including phenoxy) is 4. The Morgan fingerprint density at radius 2 is 1.85 bits per heavy atom. The normalized spacial score (nSPS) is 13.7. The molecule has 1 saturated heterocycles. The summed E-state index contributed by atoms with van der Waals surface area (Å²) in [5.41, 5.74) is 2.01. The average molecular weight is 563 g/mol. The molecule has 3 aromatic carbocycles. The fourth-order valence-electron chi connectivity index (χ4n) is 4.44. The van der Waals surface area contributed by atoms with Crippen LogP contribution in [-0.2, 0) is 11.3 Å². The molecule has 2 heterocycles. The molecular formula is C30H31ClN4O5. The molecule has 1 N–H and O–H groups in total. The third kappa shape index (κ3) is 6.98. The SMILES string of the molecule is COc1cc(C(=O)Nc2ncnc3cc(OCc4ccccc4)cc(OCCCN4CCOCC4)c23)ccc1Cl. The van der Waals surface area contributed by atoms with E-state index in [9.17, 15) is 4.79 Å². The van der Waals surface area contributed by atoms with Gasteiger partial charge in [-0.1, -0.05) is 41.9 Å². The van der Waals surface area contributed by atoms with E-state index >= 15 is 0 Å². The number of rotatable bonds is 11. The first-order chi connectivity index (χ1) is 19.6. The van der Waals surface area contributed by atoms with E-state index in [4.69, 9.17) is 30.5 Å². The number of halogens is 1. The number of methoxy groups -OCH3 is 1. The monoisotopic (exact) mass is 562 g/mol. The van der Waals surface area contributed by atoms with Gasteiger partial charge >= 0.3 is 0 Å². The van der Waals surface area contributed by atoms with Crippen molar-refractivity contribution in [2.75, 3.05) is 51.9 Å². The molecule has 1 aliphatic heterocycles. The third-order valence-electron chi connectivity index (χ3n) is 6.55. The predicted octanol–water partition coefficient (Wildman–Crippen LogP) is 5.22. The zero-order valence-electron chi connectivity index (χ0n) is 22.3. The maximum Gasteiger partial charge on any atom is 0.256 e. The fraction of sp³-hybridized carbons (Fsp3) is 0.300. The summed E-state index contributed by atoms with van der Waals surface area (Å²) >= 11 is 6.13. The molecule has 0 bridgehead atoms. The van der Waals surface area contributed by atoms with E-state index in [1.54, 1.807) is 18.2 Å². The number of morpholine rings is 1. The molecule has 0 aliphatic carbocycles. The highest BCUT2D eigenvalue weighted by Gasteiger charge is 2.18. The summed E-state index contributed by atoms with van der Waals surface area (Å²) in [5.74, 6) is 1.52. The Bertz CT molecular complexity index is 1450. The van der Waals surface area contributed by atoms with Gasteiger partial charge in [0.2, 0.25) is 0 Å². The summed E-state index contributed by atoms with van der Waals surface area (Å²) in [5, 5.41) is 3.91. The van der Waals surface area contributed by atoms with Gasteiger partial charge in [0.1, 0.15) is 36.0 Å². The lowest BCUT2D eigenvalue weighted by atomic mass is 10.1. The smallest absolute Gasteiger partial charge is 0.256 e. The minimum absolute atomic E-state index is 0.335. The van der Waals surface area contributed by atoms with E-state index < -0.39 is 0 Å². The van der Waals surface area contributed by atoms with Gasteiger partial charge in [0, 0.05) is 37.3 Å². The third-order valence-corrected chi connectivity index (χ3v) is 6.86. The van der Waals surface area contributed by atoms with Crippen LogP contribution < -0.4 is 19.5 Å². The Morgan fingerprint density at radius 3 is 2.65 bits per heavy atom. The topological polar surface area (TPSA) is 95.0 Å². The van der Waals surface area contributed by atoms with Crippen molar-refractivity contribution in [3.8, 4) is 17.2 Å². The molecule has 1 amide bonds. The number of fused-ring (bicyclic) bond motifs is 1. The van der Waals surface area contributed by atoms with Crippen molar-refractivity contribution < 1.29 is 23.7 Å². The Balaban J connectivity index is 1.39. The van der Waals surface area contributed by atoms with Crippen LogP contribution in [0.2, 0.25) is 5.02 Å². The summed E-state index contributed by atoms with van der Waals surface area (Å²) in [4.78, 5) is 24.4. The maximum atomic E-state index is 13.2. The van der Waals surface area contributed by atoms with Crippen LogP contribution in [0.15, 0.2) is 67.0 Å². The van der Waals surface area contributed by atoms with Crippen LogP contribution in [0.5, 0.6) is 17.2 Å². The first-order valence-corrected chi connectivity index (χ1v) is 13.5. The van der Waals surface area contributed by atoms with E-state index in [1.165, 1.54) is 13.4 Å². The Morgan fingerprint density at radius 1 is 1.02 bits per heavy atom. The molecule has 9 nitrogen and oxygen atoms in total. The van der Waals surface area contributed by atoms with Crippen LogP contribution in [-0.4, -0.2) is 67.3 Å². The lowest BCUT2D eigenvalue weighted by molar-refractivity contribution is 0.0358. The van der Waals surface area contributed by atoms with Crippen molar-refractivity contribution in [1.29, 1.82) is 0 Å². The van der Waals surface area contributed by atoms with E-state index in [0.29, 0.717) is 57.8 Å². The van der Waals surface area contributed by atoms with Crippen LogP contribution in [0.25, 0.3) is 10.9 Å². The van der Waals surface area contributed by atoms with Gasteiger partial charge in [-0.3, -0.25) is 9.69 Å². The molecule has 0 unspecified atom stereocenters. The lowest BCUT2D eigenvalue weighted by Crippen LogP contribution is -2.37. The number of anilines is 1. The maximum absolute atomic E-state index is 13.2. The van der Waals surface area contributed by atoms with Gasteiger partial charge in [-0.2, -0.15) is 0 Å². The second kappa shape index (κ2) is 13.4. The molecule has 4 aromatic rings. The predicted molar refractivity (Wildman–Crippen MR) is 154 cm³/mol. The zero-order valence-corrected chi connectivity index (χ0v) is 23.0. The molecule has 0 radical (unpaired) electrons. The second-order valence-electron chi connectivity index (χ2n) is 9.27. The largest absolute Gasteiger partial charge is 0.495 e. The summed E-state index contributed by atoms with van der Waals surface area (Å²) in [6.07, 6.45) is 2.24. The molecule has 0 spiro atoms. The molecule has 1 aliphatic rings. The van der Waals surface area contributed by atoms with Gasteiger partial charge < -0.3 is 24.3 Å². The fourth-order valence-corrected chi connectivity index (χ4v) is 4.63. The lowest BCUT2D eigenvalue weighted by Gasteiger charge is -2.26. The molecule has 0 atom stereocenters. The number of hydrogen-bond donors (Lipinski definition) is 1. The Kier molecular flexibility index (Phi) is 9.28. The summed E-state index contributed by atoms with van der Waals surface area (Å²) in [6, 6.07) is 18.4. The molecule has 5 rings (SSSR count). The molecule has 10 heteroatoms. The van der Waals surface area contributed by atoms with Gasteiger partial charge in [0.05, 0.1) is 42.9 Å². The number of carbonyl (C=O) groups excluding carboxylic acids is 1. The van der Waals surface area contributed by atoms with E-state index in [-0.39, 0.29) is 5.91 Å². The second-order valence-corrected chi connectivity index (χ2v) is 9.68. The summed E-state index contributed by atoms with van der Waals surface area (Å²) < 4.78 is 23.1. The molecular weight excluding hydrogens is 532 g/mol.